The summed E-state index contributed by atoms with van der Waals surface area (Å²) in [5.74, 6) is 2.01. The molecule has 0 aliphatic carbocycles. The third-order valence-electron chi connectivity index (χ3n) is 2.35. The number of hydrogen-bond acceptors (Lipinski definition) is 3. The normalized spacial score (nSPS) is 10.4. The molecule has 0 aliphatic heterocycles. The Bertz CT molecular complexity index is 315. The van der Waals surface area contributed by atoms with E-state index in [1.807, 2.05) is 23.9 Å². The second kappa shape index (κ2) is 7.58. The van der Waals surface area contributed by atoms with Gasteiger partial charge in [0.15, 0.2) is 0 Å². The average Bonchev–Trinajstić information content (AvgIpc) is 2.30. The third-order valence-corrected chi connectivity index (χ3v) is 3.33. The van der Waals surface area contributed by atoms with Crippen molar-refractivity contribution in [3.8, 4) is 5.75 Å². The number of rotatable bonds is 7. The first-order valence-corrected chi connectivity index (χ1v) is 6.89. The van der Waals surface area contributed by atoms with E-state index >= 15 is 0 Å². The molecule has 0 amide bonds. The van der Waals surface area contributed by atoms with Crippen LogP contribution in [0.3, 0.4) is 0 Å². The summed E-state index contributed by atoms with van der Waals surface area (Å²) >= 11 is 1.82. The van der Waals surface area contributed by atoms with Crippen LogP contribution in [-0.2, 0) is 6.54 Å². The van der Waals surface area contributed by atoms with Gasteiger partial charge < -0.3 is 10.5 Å². The van der Waals surface area contributed by atoms with Crippen LogP contribution in [-0.4, -0.2) is 12.4 Å². The molecule has 2 N–H and O–H groups in total. The summed E-state index contributed by atoms with van der Waals surface area (Å²) in [6.07, 6.45) is 2.25. The highest BCUT2D eigenvalue weighted by Crippen LogP contribution is 2.29. The maximum Gasteiger partial charge on any atom is 0.124 e. The molecule has 0 atom stereocenters. The van der Waals surface area contributed by atoms with E-state index in [2.05, 4.69) is 19.9 Å². The largest absolute Gasteiger partial charge is 0.493 e. The monoisotopic (exact) mass is 239 g/mol. The van der Waals surface area contributed by atoms with E-state index in [1.54, 1.807) is 0 Å². The average molecular weight is 239 g/mol. The Morgan fingerprint density at radius 3 is 2.75 bits per heavy atom. The molecule has 2 nitrogen and oxygen atoms in total. The molecule has 0 radical (unpaired) electrons. The lowest BCUT2D eigenvalue weighted by molar-refractivity contribution is 0.305. The zero-order valence-electron chi connectivity index (χ0n) is 10.2. The molecule has 1 aromatic carbocycles. The lowest BCUT2D eigenvalue weighted by Crippen LogP contribution is -2.05. The molecule has 16 heavy (non-hydrogen) atoms. The van der Waals surface area contributed by atoms with E-state index in [0.29, 0.717) is 6.54 Å². The minimum absolute atomic E-state index is 0.546. The van der Waals surface area contributed by atoms with Gasteiger partial charge in [-0.2, -0.15) is 0 Å². The van der Waals surface area contributed by atoms with Crippen molar-refractivity contribution in [2.75, 3.05) is 12.4 Å². The first-order chi connectivity index (χ1) is 7.83. The minimum atomic E-state index is 0.546. The summed E-state index contributed by atoms with van der Waals surface area (Å²) in [6.45, 7) is 5.64. The van der Waals surface area contributed by atoms with Crippen molar-refractivity contribution in [2.24, 2.45) is 5.73 Å². The molecule has 0 fully saturated rings. The summed E-state index contributed by atoms with van der Waals surface area (Å²) in [5, 5.41) is 0. The molecule has 3 heteroatoms. The first kappa shape index (κ1) is 13.4. The highest BCUT2D eigenvalue weighted by Gasteiger charge is 2.07. The summed E-state index contributed by atoms with van der Waals surface area (Å²) < 4.78 is 5.76. The van der Waals surface area contributed by atoms with Gasteiger partial charge in [-0.3, -0.25) is 0 Å². The van der Waals surface area contributed by atoms with Gasteiger partial charge in [0.05, 0.1) is 6.61 Å². The number of benzene rings is 1. The number of thioether (sulfide) groups is 1. The summed E-state index contributed by atoms with van der Waals surface area (Å²) in [6, 6.07) is 6.17. The maximum absolute atomic E-state index is 5.79. The summed E-state index contributed by atoms with van der Waals surface area (Å²) in [7, 11) is 0. The Morgan fingerprint density at radius 1 is 1.31 bits per heavy atom. The number of ether oxygens (including phenoxy) is 1. The molecule has 1 aromatic rings. The van der Waals surface area contributed by atoms with E-state index in [-0.39, 0.29) is 0 Å². The van der Waals surface area contributed by atoms with Crippen molar-refractivity contribution in [3.05, 3.63) is 23.8 Å². The fourth-order valence-corrected chi connectivity index (χ4v) is 2.34. The first-order valence-electron chi connectivity index (χ1n) is 5.91. The van der Waals surface area contributed by atoms with Crippen LogP contribution in [0.1, 0.15) is 32.3 Å². The molecular weight excluding hydrogens is 218 g/mol. The Hall–Kier alpha value is -0.670. The zero-order valence-corrected chi connectivity index (χ0v) is 11.0. The van der Waals surface area contributed by atoms with Crippen LogP contribution in [0.15, 0.2) is 23.1 Å². The molecular formula is C13H21NOS. The van der Waals surface area contributed by atoms with Gasteiger partial charge in [-0.05, 0) is 24.3 Å². The Balaban J connectivity index is 2.77. The van der Waals surface area contributed by atoms with Crippen LogP contribution in [0.4, 0.5) is 0 Å². The van der Waals surface area contributed by atoms with Crippen molar-refractivity contribution in [1.82, 2.24) is 0 Å². The molecule has 90 valence electrons. The second-order valence-corrected chi connectivity index (χ2v) is 4.88. The lowest BCUT2D eigenvalue weighted by Gasteiger charge is -2.13. The van der Waals surface area contributed by atoms with Crippen LogP contribution in [0, 0.1) is 0 Å². The van der Waals surface area contributed by atoms with Crippen molar-refractivity contribution < 1.29 is 4.74 Å². The molecule has 0 aliphatic rings. The van der Waals surface area contributed by atoms with Gasteiger partial charge in [0.25, 0.3) is 0 Å². The lowest BCUT2D eigenvalue weighted by atomic mass is 10.2. The highest BCUT2D eigenvalue weighted by atomic mass is 32.2. The number of unbranched alkanes of at least 4 members (excludes halogenated alkanes) is 1. The summed E-state index contributed by atoms with van der Waals surface area (Å²) in [5.41, 5.74) is 6.94. The van der Waals surface area contributed by atoms with Gasteiger partial charge in [0.2, 0.25) is 0 Å². The molecule has 0 bridgehead atoms. The van der Waals surface area contributed by atoms with Crippen LogP contribution in [0.5, 0.6) is 5.75 Å². The van der Waals surface area contributed by atoms with E-state index in [4.69, 9.17) is 10.5 Å². The van der Waals surface area contributed by atoms with E-state index < -0.39 is 0 Å². The van der Waals surface area contributed by atoms with Gasteiger partial charge in [0.1, 0.15) is 5.75 Å². The standard InChI is InChI=1S/C13H21NOS/c1-3-5-9-15-12-7-6-8-13(16-4-2)11(12)10-14/h6-8H,3-5,9-10,14H2,1-2H3. The van der Waals surface area contributed by atoms with E-state index in [0.717, 1.165) is 36.5 Å². The molecule has 0 saturated carbocycles. The Kier molecular flexibility index (Phi) is 6.34. The predicted molar refractivity (Wildman–Crippen MR) is 71.1 cm³/mol. The van der Waals surface area contributed by atoms with E-state index in [1.165, 1.54) is 4.90 Å². The molecule has 1 rings (SSSR count). The van der Waals surface area contributed by atoms with Gasteiger partial charge in [-0.25, -0.2) is 0 Å². The van der Waals surface area contributed by atoms with Crippen molar-refractivity contribution in [1.29, 1.82) is 0 Å². The molecule has 0 unspecified atom stereocenters. The minimum Gasteiger partial charge on any atom is -0.493 e. The van der Waals surface area contributed by atoms with Crippen molar-refractivity contribution >= 4 is 11.8 Å². The Labute approximate surface area is 103 Å². The van der Waals surface area contributed by atoms with Gasteiger partial charge in [-0.15, -0.1) is 11.8 Å². The molecule has 0 heterocycles. The SMILES string of the molecule is CCCCOc1cccc(SCC)c1CN. The van der Waals surface area contributed by atoms with E-state index in [9.17, 15) is 0 Å². The fourth-order valence-electron chi connectivity index (χ4n) is 1.50. The highest BCUT2D eigenvalue weighted by molar-refractivity contribution is 7.99. The van der Waals surface area contributed by atoms with Gasteiger partial charge in [0, 0.05) is 17.0 Å². The van der Waals surface area contributed by atoms with Gasteiger partial charge >= 0.3 is 0 Å². The van der Waals surface area contributed by atoms with Crippen LogP contribution in [0.25, 0.3) is 0 Å². The summed E-state index contributed by atoms with van der Waals surface area (Å²) in [4.78, 5) is 1.25. The van der Waals surface area contributed by atoms with Crippen molar-refractivity contribution in [2.45, 2.75) is 38.1 Å². The Morgan fingerprint density at radius 2 is 2.12 bits per heavy atom. The fraction of sp³-hybridized carbons (Fsp3) is 0.538. The van der Waals surface area contributed by atoms with Crippen LogP contribution in [0.2, 0.25) is 0 Å². The molecule has 0 aromatic heterocycles. The van der Waals surface area contributed by atoms with Crippen LogP contribution >= 0.6 is 11.8 Å². The topological polar surface area (TPSA) is 35.2 Å². The maximum atomic E-state index is 5.79. The third kappa shape index (κ3) is 3.72. The molecule has 0 spiro atoms. The quantitative estimate of drug-likeness (QED) is 0.585. The predicted octanol–water partition coefficient (Wildman–Crippen LogP) is 3.44. The molecule has 0 saturated heterocycles. The second-order valence-electron chi connectivity index (χ2n) is 3.57. The van der Waals surface area contributed by atoms with Crippen molar-refractivity contribution in [3.63, 3.8) is 0 Å². The van der Waals surface area contributed by atoms with Crippen LogP contribution < -0.4 is 10.5 Å². The number of nitrogens with two attached hydrogens (primary N) is 1. The van der Waals surface area contributed by atoms with Gasteiger partial charge in [-0.1, -0.05) is 26.3 Å². The smallest absolute Gasteiger partial charge is 0.124 e. The number of hydrogen-bond donors (Lipinski definition) is 1. The zero-order chi connectivity index (χ0) is 11.8.